The van der Waals surface area contributed by atoms with Crippen molar-refractivity contribution in [3.05, 3.63) is 41.1 Å². The van der Waals surface area contributed by atoms with E-state index in [4.69, 9.17) is 11.0 Å². The van der Waals surface area contributed by atoms with Crippen LogP contribution < -0.4 is 11.1 Å². The zero-order valence-corrected chi connectivity index (χ0v) is 10.6. The molecule has 1 aromatic heterocycles. The van der Waals surface area contributed by atoms with E-state index >= 15 is 0 Å². The second-order valence-electron chi connectivity index (χ2n) is 4.17. The minimum absolute atomic E-state index is 0.303. The third-order valence-electron chi connectivity index (χ3n) is 2.82. The molecule has 0 radical (unpaired) electrons. The van der Waals surface area contributed by atoms with E-state index in [0.29, 0.717) is 22.6 Å². The first-order valence-electron chi connectivity index (χ1n) is 5.62. The van der Waals surface area contributed by atoms with E-state index in [9.17, 15) is 4.79 Å². The van der Waals surface area contributed by atoms with Gasteiger partial charge in [0.25, 0.3) is 5.91 Å². The third-order valence-corrected chi connectivity index (χ3v) is 2.82. The summed E-state index contributed by atoms with van der Waals surface area (Å²) in [5.41, 5.74) is 7.98. The largest absolute Gasteiger partial charge is 0.399 e. The number of nitrogens with one attached hydrogen (secondary N) is 1. The highest BCUT2D eigenvalue weighted by Gasteiger charge is 2.13. The van der Waals surface area contributed by atoms with Crippen LogP contribution in [-0.2, 0) is 7.05 Å². The van der Waals surface area contributed by atoms with Gasteiger partial charge in [0.2, 0.25) is 0 Å². The molecule has 2 aromatic rings. The zero-order valence-electron chi connectivity index (χ0n) is 10.6. The molecule has 0 saturated carbocycles. The van der Waals surface area contributed by atoms with Gasteiger partial charge in [-0.05, 0) is 30.7 Å². The summed E-state index contributed by atoms with van der Waals surface area (Å²) in [5.74, 6) is 0.0742. The summed E-state index contributed by atoms with van der Waals surface area (Å²) in [6, 6.07) is 7.00. The Morgan fingerprint density at radius 3 is 2.89 bits per heavy atom. The Hall–Kier alpha value is -2.81. The van der Waals surface area contributed by atoms with Gasteiger partial charge in [-0.1, -0.05) is 0 Å². The molecule has 1 aromatic carbocycles. The van der Waals surface area contributed by atoms with Crippen molar-refractivity contribution in [2.24, 2.45) is 7.05 Å². The molecule has 0 aliphatic heterocycles. The highest BCUT2D eigenvalue weighted by molar-refractivity contribution is 6.04. The summed E-state index contributed by atoms with van der Waals surface area (Å²) in [6.07, 6.45) is 1.41. The lowest BCUT2D eigenvalue weighted by atomic mass is 10.1. The number of carbonyl (C=O) groups excluding carboxylic acids is 1. The maximum absolute atomic E-state index is 12.1. The number of anilines is 2. The molecule has 0 saturated heterocycles. The van der Waals surface area contributed by atoms with Crippen LogP contribution in [0.3, 0.4) is 0 Å². The lowest BCUT2D eigenvalue weighted by molar-refractivity contribution is 0.102. The lowest BCUT2D eigenvalue weighted by Gasteiger charge is -2.07. The molecule has 0 aliphatic rings. The molecule has 1 heterocycles. The number of nitrogens with zero attached hydrogens (tertiary/aromatic N) is 3. The molecular weight excluding hydrogens is 242 g/mol. The Kier molecular flexibility index (Phi) is 3.21. The lowest BCUT2D eigenvalue weighted by Crippen LogP contribution is -2.15. The number of nitrogens with two attached hydrogens (primary N) is 1. The van der Waals surface area contributed by atoms with Gasteiger partial charge in [-0.2, -0.15) is 10.4 Å². The van der Waals surface area contributed by atoms with Crippen LogP contribution in [-0.4, -0.2) is 15.7 Å². The number of nitriles is 1. The molecule has 0 spiro atoms. The number of amides is 1. The molecule has 1 amide bonds. The Morgan fingerprint density at radius 1 is 1.53 bits per heavy atom. The smallest absolute Gasteiger partial charge is 0.256 e. The average molecular weight is 255 g/mol. The highest BCUT2D eigenvalue weighted by Crippen LogP contribution is 2.16. The molecule has 6 nitrogen and oxygen atoms in total. The first-order chi connectivity index (χ1) is 9.02. The minimum Gasteiger partial charge on any atom is -0.399 e. The fourth-order valence-electron chi connectivity index (χ4n) is 1.66. The summed E-state index contributed by atoms with van der Waals surface area (Å²) in [7, 11) is 1.66. The SMILES string of the molecule is Cc1cc(C(=O)Nc2c(C#N)cnn2C)ccc1N. The predicted octanol–water partition coefficient (Wildman–Crippen LogP) is 1.43. The van der Waals surface area contributed by atoms with Crippen molar-refractivity contribution in [2.75, 3.05) is 11.1 Å². The fourth-order valence-corrected chi connectivity index (χ4v) is 1.66. The van der Waals surface area contributed by atoms with Crippen LogP contribution in [0.4, 0.5) is 11.5 Å². The van der Waals surface area contributed by atoms with Gasteiger partial charge >= 0.3 is 0 Å². The molecule has 3 N–H and O–H groups in total. The van der Waals surface area contributed by atoms with Crippen LogP contribution in [0.2, 0.25) is 0 Å². The maximum Gasteiger partial charge on any atom is 0.256 e. The number of nitrogen functional groups attached to an aromatic ring is 1. The van der Waals surface area contributed by atoms with Gasteiger partial charge < -0.3 is 11.1 Å². The molecular formula is C13H13N5O. The second-order valence-corrected chi connectivity index (χ2v) is 4.17. The fraction of sp³-hybridized carbons (Fsp3) is 0.154. The van der Waals surface area contributed by atoms with Gasteiger partial charge in [-0.15, -0.1) is 0 Å². The molecule has 0 unspecified atom stereocenters. The summed E-state index contributed by atoms with van der Waals surface area (Å²) in [6.45, 7) is 1.83. The molecule has 0 fully saturated rings. The van der Waals surface area contributed by atoms with Gasteiger partial charge in [0.15, 0.2) is 0 Å². The molecule has 0 bridgehead atoms. The molecule has 0 aliphatic carbocycles. The van der Waals surface area contributed by atoms with E-state index in [1.807, 2.05) is 13.0 Å². The van der Waals surface area contributed by atoms with Crippen LogP contribution >= 0.6 is 0 Å². The number of carbonyl (C=O) groups is 1. The standard InChI is InChI=1S/C13H13N5O/c1-8-5-9(3-4-11(8)15)13(19)17-12-10(6-14)7-16-18(12)2/h3-5,7H,15H2,1-2H3,(H,17,19). The number of benzene rings is 1. The van der Waals surface area contributed by atoms with E-state index in [2.05, 4.69) is 10.4 Å². The normalized spacial score (nSPS) is 9.95. The van der Waals surface area contributed by atoms with E-state index in [1.54, 1.807) is 25.2 Å². The summed E-state index contributed by atoms with van der Waals surface area (Å²) >= 11 is 0. The topological polar surface area (TPSA) is 96.7 Å². The Bertz CT molecular complexity index is 681. The second kappa shape index (κ2) is 4.82. The van der Waals surface area contributed by atoms with E-state index in [0.717, 1.165) is 5.56 Å². The van der Waals surface area contributed by atoms with Gasteiger partial charge in [-0.3, -0.25) is 9.48 Å². The van der Waals surface area contributed by atoms with Crippen molar-refractivity contribution in [1.29, 1.82) is 5.26 Å². The molecule has 6 heteroatoms. The molecule has 19 heavy (non-hydrogen) atoms. The molecule has 96 valence electrons. The van der Waals surface area contributed by atoms with Gasteiger partial charge in [0.05, 0.1) is 6.20 Å². The van der Waals surface area contributed by atoms with Gasteiger partial charge in [0.1, 0.15) is 17.5 Å². The van der Waals surface area contributed by atoms with Gasteiger partial charge in [-0.25, -0.2) is 0 Å². The van der Waals surface area contributed by atoms with E-state index in [1.165, 1.54) is 10.9 Å². The number of rotatable bonds is 2. The van der Waals surface area contributed by atoms with Crippen molar-refractivity contribution in [3.8, 4) is 6.07 Å². The van der Waals surface area contributed by atoms with Gasteiger partial charge in [0, 0.05) is 18.3 Å². The number of aryl methyl sites for hydroxylation is 2. The van der Waals surface area contributed by atoms with Crippen molar-refractivity contribution < 1.29 is 4.79 Å². The minimum atomic E-state index is -0.303. The van der Waals surface area contributed by atoms with Crippen LogP contribution in [0, 0.1) is 18.3 Å². The van der Waals surface area contributed by atoms with Crippen molar-refractivity contribution >= 4 is 17.4 Å². The zero-order chi connectivity index (χ0) is 14.0. The maximum atomic E-state index is 12.1. The Balaban J connectivity index is 2.28. The van der Waals surface area contributed by atoms with Crippen molar-refractivity contribution in [2.45, 2.75) is 6.92 Å². The third kappa shape index (κ3) is 2.40. The number of hydrogen-bond acceptors (Lipinski definition) is 4. The number of aromatic nitrogens is 2. The van der Waals surface area contributed by atoms with Crippen LogP contribution in [0.25, 0.3) is 0 Å². The number of hydrogen-bond donors (Lipinski definition) is 2. The molecule has 0 atom stereocenters. The highest BCUT2D eigenvalue weighted by atomic mass is 16.1. The monoisotopic (exact) mass is 255 g/mol. The van der Waals surface area contributed by atoms with Crippen LogP contribution in [0.1, 0.15) is 21.5 Å². The van der Waals surface area contributed by atoms with Crippen molar-refractivity contribution in [3.63, 3.8) is 0 Å². The van der Waals surface area contributed by atoms with Crippen molar-refractivity contribution in [1.82, 2.24) is 9.78 Å². The quantitative estimate of drug-likeness (QED) is 0.793. The molecule has 2 rings (SSSR count). The summed E-state index contributed by atoms with van der Waals surface area (Å²) in [4.78, 5) is 12.1. The van der Waals surface area contributed by atoms with Crippen LogP contribution in [0.15, 0.2) is 24.4 Å². The van der Waals surface area contributed by atoms with Crippen LogP contribution in [0.5, 0.6) is 0 Å². The first-order valence-corrected chi connectivity index (χ1v) is 5.62. The Morgan fingerprint density at radius 2 is 2.26 bits per heavy atom. The van der Waals surface area contributed by atoms with E-state index < -0.39 is 0 Å². The average Bonchev–Trinajstić information content (AvgIpc) is 2.74. The summed E-state index contributed by atoms with van der Waals surface area (Å²) < 4.78 is 1.45. The predicted molar refractivity (Wildman–Crippen MR) is 71.5 cm³/mol. The Labute approximate surface area is 110 Å². The summed E-state index contributed by atoms with van der Waals surface area (Å²) in [5, 5.41) is 15.5. The van der Waals surface area contributed by atoms with E-state index in [-0.39, 0.29) is 5.91 Å². The first kappa shape index (κ1) is 12.6.